The standard InChI is InChI=1S/C17H15N3O5/c1-11-9-12(7-8-13(11)20(23)24)25-16(21)10-19-15-6-4-3-5-14(15)18(2)17(19)22/h3-9H,10H2,1-2H3. The van der Waals surface area contributed by atoms with Crippen molar-refractivity contribution in [1.29, 1.82) is 0 Å². The molecule has 1 heterocycles. The summed E-state index contributed by atoms with van der Waals surface area (Å²) in [6.45, 7) is 1.31. The van der Waals surface area contributed by atoms with Crippen molar-refractivity contribution in [1.82, 2.24) is 9.13 Å². The number of para-hydroxylation sites is 2. The normalized spacial score (nSPS) is 10.8. The molecule has 3 aromatic rings. The zero-order valence-electron chi connectivity index (χ0n) is 13.6. The van der Waals surface area contributed by atoms with Crippen LogP contribution in [0.25, 0.3) is 11.0 Å². The number of aromatic nitrogens is 2. The molecule has 0 N–H and O–H groups in total. The molecule has 8 nitrogen and oxygen atoms in total. The van der Waals surface area contributed by atoms with Crippen LogP contribution in [0.4, 0.5) is 5.69 Å². The number of nitro benzene ring substituents is 1. The largest absolute Gasteiger partial charge is 0.425 e. The van der Waals surface area contributed by atoms with Crippen LogP contribution in [0.15, 0.2) is 47.3 Å². The fraction of sp³-hybridized carbons (Fsp3) is 0.176. The molecule has 0 saturated carbocycles. The summed E-state index contributed by atoms with van der Waals surface area (Å²) in [5, 5.41) is 10.8. The van der Waals surface area contributed by atoms with E-state index in [0.717, 1.165) is 0 Å². The van der Waals surface area contributed by atoms with Crippen molar-refractivity contribution in [2.24, 2.45) is 7.05 Å². The summed E-state index contributed by atoms with van der Waals surface area (Å²) >= 11 is 0. The van der Waals surface area contributed by atoms with E-state index >= 15 is 0 Å². The first kappa shape index (κ1) is 16.4. The number of hydrogen-bond donors (Lipinski definition) is 0. The number of esters is 1. The molecule has 0 radical (unpaired) electrons. The van der Waals surface area contributed by atoms with Crippen molar-refractivity contribution in [2.45, 2.75) is 13.5 Å². The molecule has 0 aliphatic rings. The van der Waals surface area contributed by atoms with Gasteiger partial charge in [0.25, 0.3) is 5.69 Å². The summed E-state index contributed by atoms with van der Waals surface area (Å²) in [7, 11) is 1.63. The third-order valence-electron chi connectivity index (χ3n) is 3.94. The van der Waals surface area contributed by atoms with Crippen molar-refractivity contribution in [3.05, 3.63) is 68.6 Å². The molecule has 0 aliphatic heterocycles. The topological polar surface area (TPSA) is 96.4 Å². The van der Waals surface area contributed by atoms with E-state index in [9.17, 15) is 19.7 Å². The fourth-order valence-corrected chi connectivity index (χ4v) is 2.71. The van der Waals surface area contributed by atoms with Crippen LogP contribution in [0.3, 0.4) is 0 Å². The molecule has 0 fully saturated rings. The summed E-state index contributed by atoms with van der Waals surface area (Å²) < 4.78 is 8.00. The number of hydrogen-bond acceptors (Lipinski definition) is 5. The Morgan fingerprint density at radius 1 is 1.20 bits per heavy atom. The number of rotatable bonds is 4. The van der Waals surface area contributed by atoms with Gasteiger partial charge in [-0.25, -0.2) is 9.59 Å². The Morgan fingerprint density at radius 3 is 2.52 bits per heavy atom. The molecule has 0 atom stereocenters. The molecule has 0 aliphatic carbocycles. The Labute approximate surface area is 142 Å². The Hall–Kier alpha value is -3.42. The highest BCUT2D eigenvalue weighted by Crippen LogP contribution is 2.23. The number of aryl methyl sites for hydroxylation is 2. The molecule has 1 aromatic heterocycles. The highest BCUT2D eigenvalue weighted by Gasteiger charge is 2.16. The zero-order valence-corrected chi connectivity index (χ0v) is 13.6. The lowest BCUT2D eigenvalue weighted by Crippen LogP contribution is -2.27. The van der Waals surface area contributed by atoms with Crippen LogP contribution in [-0.4, -0.2) is 20.0 Å². The van der Waals surface area contributed by atoms with Gasteiger partial charge in [0.05, 0.1) is 16.0 Å². The van der Waals surface area contributed by atoms with Gasteiger partial charge in [0, 0.05) is 18.7 Å². The highest BCUT2D eigenvalue weighted by molar-refractivity contribution is 5.79. The number of imidazole rings is 1. The summed E-state index contributed by atoms with van der Waals surface area (Å²) in [4.78, 5) is 34.8. The average molecular weight is 341 g/mol. The van der Waals surface area contributed by atoms with Gasteiger partial charge in [-0.2, -0.15) is 0 Å². The number of nitro groups is 1. The van der Waals surface area contributed by atoms with Gasteiger partial charge in [-0.3, -0.25) is 19.2 Å². The second-order valence-electron chi connectivity index (χ2n) is 5.60. The van der Waals surface area contributed by atoms with Crippen molar-refractivity contribution in [2.75, 3.05) is 0 Å². The SMILES string of the molecule is Cc1cc(OC(=O)Cn2c(=O)n(C)c3ccccc32)ccc1[N+](=O)[O-]. The summed E-state index contributed by atoms with van der Waals surface area (Å²) in [6, 6.07) is 11.2. The zero-order chi connectivity index (χ0) is 18.1. The lowest BCUT2D eigenvalue weighted by Gasteiger charge is -2.06. The monoisotopic (exact) mass is 341 g/mol. The van der Waals surface area contributed by atoms with Gasteiger partial charge >= 0.3 is 11.7 Å². The number of fused-ring (bicyclic) bond motifs is 1. The van der Waals surface area contributed by atoms with Crippen LogP contribution in [0.5, 0.6) is 5.75 Å². The molecular formula is C17H15N3O5. The second-order valence-corrected chi connectivity index (χ2v) is 5.60. The van der Waals surface area contributed by atoms with Gasteiger partial charge in [-0.05, 0) is 31.2 Å². The predicted octanol–water partition coefficient (Wildman–Crippen LogP) is 2.16. The van der Waals surface area contributed by atoms with E-state index in [1.54, 1.807) is 32.2 Å². The summed E-state index contributed by atoms with van der Waals surface area (Å²) in [5.41, 5.74) is 1.36. The van der Waals surface area contributed by atoms with Crippen molar-refractivity contribution >= 4 is 22.7 Å². The van der Waals surface area contributed by atoms with E-state index in [-0.39, 0.29) is 23.7 Å². The van der Waals surface area contributed by atoms with Gasteiger partial charge < -0.3 is 4.74 Å². The molecule has 0 bridgehead atoms. The van der Waals surface area contributed by atoms with E-state index in [1.807, 2.05) is 6.07 Å². The maximum absolute atomic E-state index is 12.3. The number of nitrogens with zero attached hydrogens (tertiary/aromatic N) is 3. The van der Waals surface area contributed by atoms with Gasteiger partial charge in [0.2, 0.25) is 0 Å². The lowest BCUT2D eigenvalue weighted by atomic mass is 10.2. The average Bonchev–Trinajstić information content (AvgIpc) is 2.80. The molecule has 0 saturated heterocycles. The maximum atomic E-state index is 12.3. The van der Waals surface area contributed by atoms with Gasteiger partial charge in [-0.1, -0.05) is 12.1 Å². The number of benzene rings is 2. The van der Waals surface area contributed by atoms with E-state index in [1.165, 1.54) is 27.3 Å². The van der Waals surface area contributed by atoms with Crippen LogP contribution in [-0.2, 0) is 18.4 Å². The summed E-state index contributed by atoms with van der Waals surface area (Å²) in [6.07, 6.45) is 0. The predicted molar refractivity (Wildman–Crippen MR) is 90.6 cm³/mol. The first-order valence-electron chi connectivity index (χ1n) is 7.48. The maximum Gasteiger partial charge on any atom is 0.331 e. The molecular weight excluding hydrogens is 326 g/mol. The smallest absolute Gasteiger partial charge is 0.331 e. The van der Waals surface area contributed by atoms with Crippen molar-refractivity contribution in [3.8, 4) is 5.75 Å². The Morgan fingerprint density at radius 2 is 1.88 bits per heavy atom. The lowest BCUT2D eigenvalue weighted by molar-refractivity contribution is -0.385. The summed E-state index contributed by atoms with van der Waals surface area (Å²) in [5.74, 6) is -0.437. The fourth-order valence-electron chi connectivity index (χ4n) is 2.71. The third kappa shape index (κ3) is 3.01. The minimum Gasteiger partial charge on any atom is -0.425 e. The number of ether oxygens (including phenoxy) is 1. The Balaban J connectivity index is 1.85. The molecule has 25 heavy (non-hydrogen) atoms. The molecule has 0 unspecified atom stereocenters. The number of carbonyl (C=O) groups is 1. The van der Waals surface area contributed by atoms with E-state index < -0.39 is 10.9 Å². The highest BCUT2D eigenvalue weighted by atomic mass is 16.6. The van der Waals surface area contributed by atoms with Crippen molar-refractivity contribution < 1.29 is 14.5 Å². The van der Waals surface area contributed by atoms with Gasteiger partial charge in [0.15, 0.2) is 0 Å². The Kier molecular flexibility index (Phi) is 4.10. The first-order valence-corrected chi connectivity index (χ1v) is 7.48. The van der Waals surface area contributed by atoms with Gasteiger partial charge in [-0.15, -0.1) is 0 Å². The quantitative estimate of drug-likeness (QED) is 0.313. The van der Waals surface area contributed by atoms with Crippen molar-refractivity contribution in [3.63, 3.8) is 0 Å². The Bertz CT molecular complexity index is 1050. The second kappa shape index (κ2) is 6.23. The molecule has 0 amide bonds. The third-order valence-corrected chi connectivity index (χ3v) is 3.94. The van der Waals surface area contributed by atoms with Gasteiger partial charge in [0.1, 0.15) is 12.3 Å². The van der Waals surface area contributed by atoms with Crippen LogP contribution in [0.2, 0.25) is 0 Å². The molecule has 8 heteroatoms. The molecule has 0 spiro atoms. The van der Waals surface area contributed by atoms with Crippen LogP contribution >= 0.6 is 0 Å². The minimum absolute atomic E-state index is 0.0509. The molecule has 2 aromatic carbocycles. The van der Waals surface area contributed by atoms with E-state index in [2.05, 4.69) is 0 Å². The van der Waals surface area contributed by atoms with E-state index in [4.69, 9.17) is 4.74 Å². The van der Waals surface area contributed by atoms with E-state index in [0.29, 0.717) is 16.6 Å². The molecule has 128 valence electrons. The van der Waals surface area contributed by atoms with Crippen LogP contribution in [0.1, 0.15) is 5.56 Å². The minimum atomic E-state index is -0.633. The first-order chi connectivity index (χ1) is 11.9. The molecule has 3 rings (SSSR count). The van der Waals surface area contributed by atoms with Crippen LogP contribution < -0.4 is 10.4 Å². The van der Waals surface area contributed by atoms with Crippen LogP contribution in [0, 0.1) is 17.0 Å². The number of carbonyl (C=O) groups excluding carboxylic acids is 1.